The van der Waals surface area contributed by atoms with Crippen molar-refractivity contribution >= 4 is 16.1 Å². The standard InChI is InChI=1S/C29H31F4N3O3S/c1-28-16-21-17-34-36(25-11-9-24(30)10-12-25)26(21)15-22(28)7-8-23(28)18-35(40(37,38)19-29(31,32)33)14-13-20-5-3-4-6-27(20)39-2/h3-6,9-12,15,17,23H,7-8,13-14,16,18-19H2,1-2H3/t23-,28+/m1/s1. The van der Waals surface area contributed by atoms with E-state index in [-0.39, 0.29) is 31.2 Å². The van der Waals surface area contributed by atoms with Crippen molar-refractivity contribution in [2.24, 2.45) is 11.3 Å². The van der Waals surface area contributed by atoms with Crippen molar-refractivity contribution in [2.75, 3.05) is 26.0 Å². The number of ether oxygens (including phenoxy) is 1. The molecule has 0 radical (unpaired) electrons. The summed E-state index contributed by atoms with van der Waals surface area (Å²) in [5.74, 6) is -1.86. The van der Waals surface area contributed by atoms with Crippen molar-refractivity contribution in [1.29, 1.82) is 0 Å². The molecule has 2 aliphatic carbocycles. The number of sulfonamides is 1. The van der Waals surface area contributed by atoms with Gasteiger partial charge in [-0.05, 0) is 84.6 Å². The summed E-state index contributed by atoms with van der Waals surface area (Å²) >= 11 is 0. The quantitative estimate of drug-likeness (QED) is 0.301. The molecule has 0 bridgehead atoms. The molecule has 0 unspecified atom stereocenters. The Labute approximate surface area is 231 Å². The maximum absolute atomic E-state index is 13.4. The minimum atomic E-state index is -4.85. The minimum Gasteiger partial charge on any atom is -0.496 e. The summed E-state index contributed by atoms with van der Waals surface area (Å²) in [6.45, 7) is 1.96. The van der Waals surface area contributed by atoms with Crippen LogP contribution in [0.2, 0.25) is 0 Å². The predicted octanol–water partition coefficient (Wildman–Crippen LogP) is 5.81. The van der Waals surface area contributed by atoms with E-state index < -0.39 is 27.4 Å². The molecule has 214 valence electrons. The maximum atomic E-state index is 13.4. The van der Waals surface area contributed by atoms with Crippen LogP contribution < -0.4 is 4.74 Å². The van der Waals surface area contributed by atoms with Crippen molar-refractivity contribution in [3.8, 4) is 11.4 Å². The first-order chi connectivity index (χ1) is 18.9. The zero-order valence-electron chi connectivity index (χ0n) is 22.3. The average molecular weight is 578 g/mol. The van der Waals surface area contributed by atoms with Gasteiger partial charge in [-0.2, -0.15) is 18.3 Å². The number of alkyl halides is 3. The third-order valence-corrected chi connectivity index (χ3v) is 10.0. The lowest BCUT2D eigenvalue weighted by atomic mass is 9.70. The number of fused-ring (bicyclic) bond motifs is 2. The molecule has 0 saturated heterocycles. The van der Waals surface area contributed by atoms with Crippen LogP contribution in [0.15, 0.2) is 60.3 Å². The molecule has 1 aromatic heterocycles. The molecule has 1 saturated carbocycles. The number of para-hydroxylation sites is 1. The van der Waals surface area contributed by atoms with E-state index >= 15 is 0 Å². The van der Waals surface area contributed by atoms with Crippen molar-refractivity contribution in [2.45, 2.75) is 38.8 Å². The average Bonchev–Trinajstić information content (AvgIpc) is 3.43. The van der Waals surface area contributed by atoms with E-state index in [1.54, 1.807) is 47.3 Å². The number of hydrogen-bond donors (Lipinski definition) is 0. The summed E-state index contributed by atoms with van der Waals surface area (Å²) < 4.78 is 87.7. The SMILES string of the molecule is COc1ccccc1CCN(C[C@H]1CCC2=Cc3c(cnn3-c3ccc(F)cc3)C[C@@]21C)S(=O)(=O)CC(F)(F)F. The van der Waals surface area contributed by atoms with Crippen LogP contribution in [0.25, 0.3) is 11.8 Å². The van der Waals surface area contributed by atoms with Crippen LogP contribution in [0, 0.1) is 17.2 Å². The van der Waals surface area contributed by atoms with Crippen LogP contribution in [0.5, 0.6) is 5.75 Å². The van der Waals surface area contributed by atoms with Gasteiger partial charge in [-0.3, -0.25) is 0 Å². The highest BCUT2D eigenvalue weighted by atomic mass is 32.2. The smallest absolute Gasteiger partial charge is 0.404 e. The second-order valence-corrected chi connectivity index (χ2v) is 12.7. The molecule has 2 atom stereocenters. The zero-order valence-corrected chi connectivity index (χ0v) is 23.1. The third kappa shape index (κ3) is 5.67. The molecular weight excluding hydrogens is 546 g/mol. The number of benzene rings is 2. The normalized spacial score (nSPS) is 20.8. The highest BCUT2D eigenvalue weighted by molar-refractivity contribution is 7.89. The molecule has 5 rings (SSSR count). The monoisotopic (exact) mass is 577 g/mol. The van der Waals surface area contributed by atoms with Gasteiger partial charge in [-0.25, -0.2) is 21.8 Å². The fraction of sp³-hybridized carbons (Fsp3) is 0.414. The van der Waals surface area contributed by atoms with Crippen LogP contribution in [-0.4, -0.2) is 54.6 Å². The summed E-state index contributed by atoms with van der Waals surface area (Å²) in [7, 11) is -3.12. The Morgan fingerprint density at radius 2 is 1.88 bits per heavy atom. The molecule has 0 amide bonds. The number of halogens is 4. The van der Waals surface area contributed by atoms with E-state index in [4.69, 9.17) is 4.74 Å². The van der Waals surface area contributed by atoms with Gasteiger partial charge in [0.25, 0.3) is 0 Å². The predicted molar refractivity (Wildman–Crippen MR) is 144 cm³/mol. The molecule has 40 heavy (non-hydrogen) atoms. The Morgan fingerprint density at radius 3 is 2.58 bits per heavy atom. The van der Waals surface area contributed by atoms with Crippen molar-refractivity contribution in [3.05, 3.63) is 82.9 Å². The van der Waals surface area contributed by atoms with Crippen LogP contribution in [0.1, 0.15) is 36.6 Å². The first-order valence-electron chi connectivity index (χ1n) is 13.1. The van der Waals surface area contributed by atoms with Crippen molar-refractivity contribution in [3.63, 3.8) is 0 Å². The maximum Gasteiger partial charge on any atom is 0.404 e. The Bertz CT molecular complexity index is 1520. The molecule has 3 aromatic rings. The van der Waals surface area contributed by atoms with Crippen molar-refractivity contribution in [1.82, 2.24) is 14.1 Å². The lowest BCUT2D eigenvalue weighted by molar-refractivity contribution is -0.107. The second kappa shape index (κ2) is 10.7. The molecule has 1 fully saturated rings. The Morgan fingerprint density at radius 1 is 1.15 bits per heavy atom. The van der Waals surface area contributed by atoms with Crippen LogP contribution in [0.3, 0.4) is 0 Å². The van der Waals surface area contributed by atoms with Crippen LogP contribution >= 0.6 is 0 Å². The second-order valence-electron chi connectivity index (χ2n) is 10.7. The van der Waals surface area contributed by atoms with Gasteiger partial charge < -0.3 is 4.74 Å². The van der Waals surface area contributed by atoms with Crippen molar-refractivity contribution < 1.29 is 30.7 Å². The van der Waals surface area contributed by atoms with Gasteiger partial charge in [-0.1, -0.05) is 30.7 Å². The summed E-state index contributed by atoms with van der Waals surface area (Å²) in [6, 6.07) is 13.1. The summed E-state index contributed by atoms with van der Waals surface area (Å²) in [6.07, 6.45) is 1.13. The molecule has 6 nitrogen and oxygen atoms in total. The van der Waals surface area contributed by atoms with E-state index in [2.05, 4.69) is 18.1 Å². The molecule has 0 N–H and O–H groups in total. The van der Waals surface area contributed by atoms with Gasteiger partial charge in [0.05, 0.1) is 24.7 Å². The van der Waals surface area contributed by atoms with E-state index in [1.807, 2.05) is 0 Å². The number of nitrogens with zero attached hydrogens (tertiary/aromatic N) is 3. The number of aromatic nitrogens is 2. The van der Waals surface area contributed by atoms with E-state index in [1.165, 1.54) is 19.2 Å². The lowest BCUT2D eigenvalue weighted by Gasteiger charge is -2.38. The number of rotatable bonds is 9. The number of methoxy groups -OCH3 is 1. The molecule has 2 aliphatic rings. The largest absolute Gasteiger partial charge is 0.496 e. The number of hydrogen-bond acceptors (Lipinski definition) is 4. The van der Waals surface area contributed by atoms with Gasteiger partial charge in [0.15, 0.2) is 5.75 Å². The Kier molecular flexibility index (Phi) is 7.56. The highest BCUT2D eigenvalue weighted by Gasteiger charge is 2.48. The highest BCUT2D eigenvalue weighted by Crippen LogP contribution is 2.53. The van der Waals surface area contributed by atoms with Gasteiger partial charge >= 0.3 is 6.18 Å². The fourth-order valence-corrected chi connectivity index (χ4v) is 7.43. The van der Waals surface area contributed by atoms with Gasteiger partial charge in [0, 0.05) is 13.1 Å². The van der Waals surface area contributed by atoms with E-state index in [9.17, 15) is 26.0 Å². The van der Waals surface area contributed by atoms with Gasteiger partial charge in [0.2, 0.25) is 10.0 Å². The molecule has 1 heterocycles. The van der Waals surface area contributed by atoms with Gasteiger partial charge in [0.1, 0.15) is 11.6 Å². The molecular formula is C29H31F4N3O3S. The molecule has 0 aliphatic heterocycles. The molecule has 2 aromatic carbocycles. The number of allylic oxidation sites excluding steroid dienone is 1. The lowest BCUT2D eigenvalue weighted by Crippen LogP contribution is -2.44. The van der Waals surface area contributed by atoms with Gasteiger partial charge in [-0.15, -0.1) is 0 Å². The third-order valence-electron chi connectivity index (χ3n) is 8.21. The van der Waals surface area contributed by atoms with Crippen LogP contribution in [0.4, 0.5) is 17.6 Å². The minimum absolute atomic E-state index is 0.0111. The Hall–Kier alpha value is -3.18. The first kappa shape index (κ1) is 28.4. The fourth-order valence-electron chi connectivity index (χ4n) is 6.06. The molecule has 11 heteroatoms. The Balaban J connectivity index is 1.41. The van der Waals surface area contributed by atoms with Crippen LogP contribution in [-0.2, 0) is 22.9 Å². The summed E-state index contributed by atoms with van der Waals surface area (Å²) in [5.41, 5.74) is 3.98. The summed E-state index contributed by atoms with van der Waals surface area (Å²) in [5, 5.41) is 4.51. The van der Waals surface area contributed by atoms with E-state index in [0.29, 0.717) is 25.0 Å². The topological polar surface area (TPSA) is 64.4 Å². The summed E-state index contributed by atoms with van der Waals surface area (Å²) in [4.78, 5) is 0. The first-order valence-corrected chi connectivity index (χ1v) is 14.7. The zero-order chi connectivity index (χ0) is 28.7. The molecule has 0 spiro atoms. The van der Waals surface area contributed by atoms with E-state index in [0.717, 1.165) is 32.4 Å².